The summed E-state index contributed by atoms with van der Waals surface area (Å²) in [6.07, 6.45) is 1.77. The number of carbonyl (C=O) groups excluding carboxylic acids is 1. The van der Waals surface area contributed by atoms with Gasteiger partial charge in [-0.25, -0.2) is 4.79 Å². The number of methoxy groups -OCH3 is 1. The van der Waals surface area contributed by atoms with Crippen LogP contribution in [0.2, 0.25) is 0 Å². The van der Waals surface area contributed by atoms with Crippen molar-refractivity contribution in [3.8, 4) is 5.75 Å². The minimum atomic E-state index is -0.687. The van der Waals surface area contributed by atoms with Crippen molar-refractivity contribution in [2.75, 3.05) is 24.8 Å². The number of anilines is 1. The molecule has 0 saturated carbocycles. The van der Waals surface area contributed by atoms with Crippen molar-refractivity contribution in [2.45, 2.75) is 37.5 Å². The van der Waals surface area contributed by atoms with Crippen LogP contribution in [0.1, 0.15) is 26.7 Å². The molecule has 5 heteroatoms. The molecule has 1 aromatic rings. The maximum Gasteiger partial charge on any atom is 0.332 e. The molecule has 2 rings (SSSR count). The molecule has 0 spiro atoms. The second-order valence-electron chi connectivity index (χ2n) is 5.13. The Labute approximate surface area is 130 Å². The van der Waals surface area contributed by atoms with Crippen LogP contribution in [0.3, 0.4) is 0 Å². The number of ether oxygens (including phenoxy) is 2. The Bertz CT molecular complexity index is 494. The topological polar surface area (TPSA) is 47.6 Å². The molecule has 1 heterocycles. The lowest BCUT2D eigenvalue weighted by molar-refractivity contribution is -0.148. The van der Waals surface area contributed by atoms with Gasteiger partial charge in [0, 0.05) is 5.25 Å². The van der Waals surface area contributed by atoms with E-state index >= 15 is 0 Å². The van der Waals surface area contributed by atoms with E-state index in [1.54, 1.807) is 7.11 Å². The average molecular weight is 309 g/mol. The highest BCUT2D eigenvalue weighted by molar-refractivity contribution is 8.00. The van der Waals surface area contributed by atoms with E-state index in [1.165, 1.54) is 0 Å². The van der Waals surface area contributed by atoms with Crippen molar-refractivity contribution in [3.63, 3.8) is 0 Å². The van der Waals surface area contributed by atoms with Crippen molar-refractivity contribution < 1.29 is 14.3 Å². The summed E-state index contributed by atoms with van der Waals surface area (Å²) < 4.78 is 10.7. The molecule has 0 aliphatic carbocycles. The maximum atomic E-state index is 12.6. The average Bonchev–Trinajstić information content (AvgIpc) is 2.50. The number of thioether (sulfide) groups is 1. The van der Waals surface area contributed by atoms with Crippen molar-refractivity contribution >= 4 is 23.4 Å². The normalized spacial score (nSPS) is 25.2. The molecule has 1 aliphatic heterocycles. The van der Waals surface area contributed by atoms with Gasteiger partial charge >= 0.3 is 5.97 Å². The molecule has 116 valence electrons. The number of para-hydroxylation sites is 2. The second kappa shape index (κ2) is 7.07. The van der Waals surface area contributed by atoms with E-state index in [1.807, 2.05) is 43.0 Å². The Morgan fingerprint density at radius 2 is 2.24 bits per heavy atom. The van der Waals surface area contributed by atoms with E-state index in [9.17, 15) is 4.79 Å². The first-order valence-electron chi connectivity index (χ1n) is 7.34. The van der Waals surface area contributed by atoms with E-state index in [0.29, 0.717) is 6.61 Å². The predicted octanol–water partition coefficient (Wildman–Crippen LogP) is 3.32. The van der Waals surface area contributed by atoms with Crippen molar-refractivity contribution in [3.05, 3.63) is 24.3 Å². The third kappa shape index (κ3) is 3.28. The van der Waals surface area contributed by atoms with Crippen LogP contribution in [-0.2, 0) is 9.53 Å². The number of nitrogens with one attached hydrogen (secondary N) is 1. The van der Waals surface area contributed by atoms with Gasteiger partial charge in [-0.1, -0.05) is 19.1 Å². The fourth-order valence-electron chi connectivity index (χ4n) is 2.69. The van der Waals surface area contributed by atoms with Crippen LogP contribution in [0.4, 0.5) is 5.69 Å². The van der Waals surface area contributed by atoms with Gasteiger partial charge in [-0.3, -0.25) is 0 Å². The van der Waals surface area contributed by atoms with Crippen LogP contribution < -0.4 is 10.1 Å². The molecule has 1 aromatic carbocycles. The number of hydrogen-bond acceptors (Lipinski definition) is 5. The first kappa shape index (κ1) is 16.0. The summed E-state index contributed by atoms with van der Waals surface area (Å²) in [5.41, 5.74) is 0.149. The van der Waals surface area contributed by atoms with Gasteiger partial charge in [0.2, 0.25) is 0 Å². The zero-order chi connectivity index (χ0) is 15.3. The van der Waals surface area contributed by atoms with E-state index in [4.69, 9.17) is 9.47 Å². The summed E-state index contributed by atoms with van der Waals surface area (Å²) in [5, 5.41) is 3.58. The minimum absolute atomic E-state index is 0.148. The summed E-state index contributed by atoms with van der Waals surface area (Å²) in [7, 11) is 1.64. The van der Waals surface area contributed by atoms with Gasteiger partial charge in [0.25, 0.3) is 0 Å². The molecule has 0 amide bonds. The molecular formula is C16H23NO3S. The SMILES string of the molecule is CCOC(=O)C1(Nc2ccccc2OC)CCCSC1C. The molecule has 2 atom stereocenters. The second-order valence-corrected chi connectivity index (χ2v) is 6.58. The van der Waals surface area contributed by atoms with Gasteiger partial charge < -0.3 is 14.8 Å². The summed E-state index contributed by atoms with van der Waals surface area (Å²) >= 11 is 1.81. The summed E-state index contributed by atoms with van der Waals surface area (Å²) in [6.45, 7) is 4.32. The Morgan fingerprint density at radius 3 is 2.90 bits per heavy atom. The van der Waals surface area contributed by atoms with Crippen LogP contribution in [0.5, 0.6) is 5.75 Å². The van der Waals surface area contributed by atoms with Gasteiger partial charge in [0.1, 0.15) is 11.3 Å². The van der Waals surface area contributed by atoms with E-state index < -0.39 is 5.54 Å². The summed E-state index contributed by atoms with van der Waals surface area (Å²) in [6, 6.07) is 7.68. The molecule has 2 unspecified atom stereocenters. The molecular weight excluding hydrogens is 286 g/mol. The lowest BCUT2D eigenvalue weighted by Crippen LogP contribution is -2.56. The van der Waals surface area contributed by atoms with Gasteiger partial charge in [-0.15, -0.1) is 0 Å². The Kier molecular flexibility index (Phi) is 5.39. The van der Waals surface area contributed by atoms with Crippen molar-refractivity contribution in [1.29, 1.82) is 0 Å². The van der Waals surface area contributed by atoms with Gasteiger partial charge in [0.15, 0.2) is 0 Å². The largest absolute Gasteiger partial charge is 0.495 e. The van der Waals surface area contributed by atoms with Crippen LogP contribution in [0.25, 0.3) is 0 Å². The highest BCUT2D eigenvalue weighted by Crippen LogP contribution is 2.39. The number of esters is 1. The molecule has 21 heavy (non-hydrogen) atoms. The number of rotatable bonds is 5. The lowest BCUT2D eigenvalue weighted by Gasteiger charge is -2.41. The van der Waals surface area contributed by atoms with E-state index in [2.05, 4.69) is 12.2 Å². The number of hydrogen-bond donors (Lipinski definition) is 1. The molecule has 1 saturated heterocycles. The quantitative estimate of drug-likeness (QED) is 0.846. The summed E-state index contributed by atoms with van der Waals surface area (Å²) in [4.78, 5) is 12.6. The van der Waals surface area contributed by atoms with Crippen LogP contribution in [-0.4, -0.2) is 36.2 Å². The summed E-state index contributed by atoms with van der Waals surface area (Å²) in [5.74, 6) is 1.65. The highest BCUT2D eigenvalue weighted by atomic mass is 32.2. The van der Waals surface area contributed by atoms with Crippen molar-refractivity contribution in [2.24, 2.45) is 0 Å². The first-order valence-corrected chi connectivity index (χ1v) is 8.39. The Hall–Kier alpha value is -1.36. The van der Waals surface area contributed by atoms with Gasteiger partial charge in [0.05, 0.1) is 19.4 Å². The zero-order valence-corrected chi connectivity index (χ0v) is 13.7. The monoisotopic (exact) mass is 309 g/mol. The Morgan fingerprint density at radius 1 is 1.48 bits per heavy atom. The molecule has 0 radical (unpaired) electrons. The molecule has 1 N–H and O–H groups in total. The third-order valence-corrected chi connectivity index (χ3v) is 5.31. The molecule has 1 fully saturated rings. The predicted molar refractivity (Wildman–Crippen MR) is 87.1 cm³/mol. The number of benzene rings is 1. The standard InChI is InChI=1S/C16H23NO3S/c1-4-20-15(18)16(10-7-11-21-12(16)2)17-13-8-5-6-9-14(13)19-3/h5-6,8-9,12,17H,4,7,10-11H2,1-3H3. The van der Waals surface area contributed by atoms with Gasteiger partial charge in [-0.2, -0.15) is 11.8 Å². The molecule has 1 aliphatic rings. The van der Waals surface area contributed by atoms with Gasteiger partial charge in [-0.05, 0) is 37.7 Å². The zero-order valence-electron chi connectivity index (χ0n) is 12.8. The minimum Gasteiger partial charge on any atom is -0.495 e. The van der Waals surface area contributed by atoms with E-state index in [-0.39, 0.29) is 11.2 Å². The van der Waals surface area contributed by atoms with Crippen LogP contribution in [0.15, 0.2) is 24.3 Å². The molecule has 4 nitrogen and oxygen atoms in total. The fourth-order valence-corrected chi connectivity index (χ4v) is 3.91. The third-order valence-electron chi connectivity index (χ3n) is 3.88. The lowest BCUT2D eigenvalue weighted by atomic mass is 9.89. The molecule has 0 bridgehead atoms. The van der Waals surface area contributed by atoms with E-state index in [0.717, 1.165) is 30.0 Å². The van der Waals surface area contributed by atoms with Crippen LogP contribution >= 0.6 is 11.8 Å². The maximum absolute atomic E-state index is 12.6. The Balaban J connectivity index is 2.33. The smallest absolute Gasteiger partial charge is 0.332 e. The number of carbonyl (C=O) groups is 1. The molecule has 0 aromatic heterocycles. The fraction of sp³-hybridized carbons (Fsp3) is 0.562. The van der Waals surface area contributed by atoms with Crippen LogP contribution in [0, 0.1) is 0 Å². The first-order chi connectivity index (χ1) is 10.1. The highest BCUT2D eigenvalue weighted by Gasteiger charge is 2.47. The van der Waals surface area contributed by atoms with Crippen molar-refractivity contribution in [1.82, 2.24) is 0 Å².